The third kappa shape index (κ3) is 4.80. The number of thiocarbonyl (C=S) groups is 1. The van der Waals surface area contributed by atoms with E-state index in [0.717, 1.165) is 3.57 Å². The van der Waals surface area contributed by atoms with Crippen molar-refractivity contribution in [2.24, 2.45) is 0 Å². The van der Waals surface area contributed by atoms with Gasteiger partial charge in [-0.3, -0.25) is 10.1 Å². The lowest BCUT2D eigenvalue weighted by Gasteiger charge is -2.12. The molecule has 0 fully saturated rings. The quantitative estimate of drug-likeness (QED) is 0.562. The average Bonchev–Trinajstić information content (AvgIpc) is 2.55. The Kier molecular flexibility index (Phi) is 6.17. The van der Waals surface area contributed by atoms with Crippen molar-refractivity contribution in [2.75, 3.05) is 19.5 Å². The van der Waals surface area contributed by atoms with E-state index in [-0.39, 0.29) is 11.0 Å². The molecule has 0 saturated heterocycles. The highest BCUT2D eigenvalue weighted by Gasteiger charge is 2.09. The van der Waals surface area contributed by atoms with Crippen molar-refractivity contribution >= 4 is 51.5 Å². The van der Waals surface area contributed by atoms with Crippen LogP contribution in [0.3, 0.4) is 0 Å². The summed E-state index contributed by atoms with van der Waals surface area (Å²) in [6.07, 6.45) is 0. The number of ether oxygens (including phenoxy) is 2. The van der Waals surface area contributed by atoms with Gasteiger partial charge in [0.1, 0.15) is 0 Å². The Morgan fingerprint density at radius 2 is 1.70 bits per heavy atom. The SMILES string of the molecule is COc1ccc(NC(=S)NC(=O)c2ccc(I)cc2)cc1OC. The number of methoxy groups -OCH3 is 2. The first-order valence-corrected chi connectivity index (χ1v) is 8.12. The van der Waals surface area contributed by atoms with Crippen LogP contribution in [0.25, 0.3) is 0 Å². The van der Waals surface area contributed by atoms with Gasteiger partial charge in [-0.25, -0.2) is 0 Å². The van der Waals surface area contributed by atoms with E-state index in [9.17, 15) is 4.79 Å². The molecule has 0 unspecified atom stereocenters. The molecule has 0 spiro atoms. The fourth-order valence-corrected chi connectivity index (χ4v) is 2.42. The highest BCUT2D eigenvalue weighted by atomic mass is 127. The summed E-state index contributed by atoms with van der Waals surface area (Å²) in [4.78, 5) is 12.1. The zero-order chi connectivity index (χ0) is 16.8. The summed E-state index contributed by atoms with van der Waals surface area (Å²) < 4.78 is 11.5. The fraction of sp³-hybridized carbons (Fsp3) is 0.125. The summed E-state index contributed by atoms with van der Waals surface area (Å²) in [5, 5.41) is 5.79. The standard InChI is InChI=1S/C16H15IN2O3S/c1-21-13-8-7-12(9-14(13)22-2)18-16(23)19-15(20)10-3-5-11(17)6-4-10/h3-9H,1-2H3,(H2,18,19,20,23). The third-order valence-corrected chi connectivity index (χ3v) is 3.90. The number of carbonyl (C=O) groups excluding carboxylic acids is 1. The Balaban J connectivity index is 2.02. The van der Waals surface area contributed by atoms with Crippen molar-refractivity contribution < 1.29 is 14.3 Å². The van der Waals surface area contributed by atoms with Gasteiger partial charge in [-0.2, -0.15) is 0 Å². The van der Waals surface area contributed by atoms with Gasteiger partial charge in [0.2, 0.25) is 0 Å². The van der Waals surface area contributed by atoms with Crippen LogP contribution in [0.1, 0.15) is 10.4 Å². The maximum Gasteiger partial charge on any atom is 0.257 e. The second-order valence-corrected chi connectivity index (χ2v) is 6.14. The first kappa shape index (κ1) is 17.5. The average molecular weight is 442 g/mol. The predicted molar refractivity (Wildman–Crippen MR) is 102 cm³/mol. The Bertz CT molecular complexity index is 720. The number of hydrogen-bond donors (Lipinski definition) is 2. The molecule has 2 rings (SSSR count). The summed E-state index contributed by atoms with van der Waals surface area (Å²) >= 11 is 7.34. The van der Waals surface area contributed by atoms with Gasteiger partial charge in [0, 0.05) is 20.9 Å². The topological polar surface area (TPSA) is 59.6 Å². The Morgan fingerprint density at radius 1 is 1.04 bits per heavy atom. The molecule has 0 aliphatic carbocycles. The van der Waals surface area contributed by atoms with E-state index in [1.165, 1.54) is 0 Å². The highest BCUT2D eigenvalue weighted by molar-refractivity contribution is 14.1. The molecule has 0 aliphatic rings. The van der Waals surface area contributed by atoms with Crippen molar-refractivity contribution in [3.63, 3.8) is 0 Å². The fourth-order valence-electron chi connectivity index (χ4n) is 1.85. The van der Waals surface area contributed by atoms with Crippen molar-refractivity contribution in [1.82, 2.24) is 5.32 Å². The van der Waals surface area contributed by atoms with E-state index in [4.69, 9.17) is 21.7 Å². The maximum atomic E-state index is 12.1. The molecule has 0 heterocycles. The summed E-state index contributed by atoms with van der Waals surface area (Å²) in [6.45, 7) is 0. The molecular formula is C16H15IN2O3S. The summed E-state index contributed by atoms with van der Waals surface area (Å²) in [7, 11) is 3.12. The first-order valence-electron chi connectivity index (χ1n) is 6.63. The van der Waals surface area contributed by atoms with Gasteiger partial charge in [-0.1, -0.05) is 0 Å². The highest BCUT2D eigenvalue weighted by Crippen LogP contribution is 2.29. The lowest BCUT2D eigenvalue weighted by molar-refractivity contribution is 0.0977. The van der Waals surface area contributed by atoms with Crippen LogP contribution in [-0.2, 0) is 0 Å². The van der Waals surface area contributed by atoms with E-state index in [2.05, 4.69) is 33.2 Å². The number of carbonyl (C=O) groups is 1. The van der Waals surface area contributed by atoms with Gasteiger partial charge in [0.15, 0.2) is 16.6 Å². The first-order chi connectivity index (χ1) is 11.0. The molecule has 1 amide bonds. The molecule has 120 valence electrons. The molecule has 0 aromatic heterocycles. The monoisotopic (exact) mass is 442 g/mol. The molecule has 7 heteroatoms. The van der Waals surface area contributed by atoms with Crippen molar-refractivity contribution in [3.8, 4) is 11.5 Å². The maximum absolute atomic E-state index is 12.1. The minimum atomic E-state index is -0.264. The second kappa shape index (κ2) is 8.11. The van der Waals surface area contributed by atoms with Crippen molar-refractivity contribution in [3.05, 3.63) is 51.6 Å². The normalized spacial score (nSPS) is 9.87. The predicted octanol–water partition coefficient (Wildman–Crippen LogP) is 3.44. The largest absolute Gasteiger partial charge is 0.493 e. The summed E-state index contributed by atoms with van der Waals surface area (Å²) in [5.41, 5.74) is 1.23. The molecule has 0 bridgehead atoms. The van der Waals surface area contributed by atoms with Crippen LogP contribution in [0.15, 0.2) is 42.5 Å². The molecule has 2 aromatic rings. The van der Waals surface area contributed by atoms with Crippen LogP contribution in [0, 0.1) is 3.57 Å². The Labute approximate surface area is 153 Å². The molecule has 0 atom stereocenters. The van der Waals surface area contributed by atoms with Crippen molar-refractivity contribution in [2.45, 2.75) is 0 Å². The van der Waals surface area contributed by atoms with Gasteiger partial charge < -0.3 is 14.8 Å². The van der Waals surface area contributed by atoms with Crippen LogP contribution >= 0.6 is 34.8 Å². The number of amides is 1. The number of halogens is 1. The smallest absolute Gasteiger partial charge is 0.257 e. The number of nitrogens with one attached hydrogen (secondary N) is 2. The number of hydrogen-bond acceptors (Lipinski definition) is 4. The van der Waals surface area contributed by atoms with Gasteiger partial charge in [0.05, 0.1) is 14.2 Å². The zero-order valence-corrected chi connectivity index (χ0v) is 15.5. The van der Waals surface area contributed by atoms with E-state index >= 15 is 0 Å². The molecule has 0 radical (unpaired) electrons. The lowest BCUT2D eigenvalue weighted by atomic mass is 10.2. The van der Waals surface area contributed by atoms with Crippen LogP contribution < -0.4 is 20.1 Å². The number of benzene rings is 2. The minimum absolute atomic E-state index is 0.209. The van der Waals surface area contributed by atoms with E-state index in [1.807, 2.05) is 12.1 Å². The minimum Gasteiger partial charge on any atom is -0.493 e. The van der Waals surface area contributed by atoms with Gasteiger partial charge >= 0.3 is 0 Å². The number of anilines is 1. The van der Waals surface area contributed by atoms with E-state index < -0.39 is 0 Å². The van der Waals surface area contributed by atoms with Gasteiger partial charge in [0.25, 0.3) is 5.91 Å². The summed E-state index contributed by atoms with van der Waals surface area (Å²) in [6, 6.07) is 12.5. The molecule has 2 N–H and O–H groups in total. The summed E-state index contributed by atoms with van der Waals surface area (Å²) in [5.74, 6) is 0.926. The third-order valence-electron chi connectivity index (χ3n) is 2.97. The molecule has 5 nitrogen and oxygen atoms in total. The van der Waals surface area contributed by atoms with Gasteiger partial charge in [-0.05, 0) is 71.2 Å². The molecule has 2 aromatic carbocycles. The second-order valence-electron chi connectivity index (χ2n) is 4.48. The van der Waals surface area contributed by atoms with Crippen molar-refractivity contribution in [1.29, 1.82) is 0 Å². The van der Waals surface area contributed by atoms with Crippen LogP contribution in [-0.4, -0.2) is 25.2 Å². The Morgan fingerprint density at radius 3 is 2.30 bits per heavy atom. The van der Waals surface area contributed by atoms with E-state index in [1.54, 1.807) is 44.6 Å². The molecular weight excluding hydrogens is 427 g/mol. The molecule has 0 aliphatic heterocycles. The number of rotatable bonds is 4. The van der Waals surface area contributed by atoms with E-state index in [0.29, 0.717) is 22.7 Å². The van der Waals surface area contributed by atoms with Crippen LogP contribution in [0.2, 0.25) is 0 Å². The van der Waals surface area contributed by atoms with Crippen LogP contribution in [0.4, 0.5) is 5.69 Å². The van der Waals surface area contributed by atoms with Gasteiger partial charge in [-0.15, -0.1) is 0 Å². The zero-order valence-electron chi connectivity index (χ0n) is 12.6. The molecule has 23 heavy (non-hydrogen) atoms. The lowest BCUT2D eigenvalue weighted by Crippen LogP contribution is -2.34. The molecule has 0 saturated carbocycles. The Hall–Kier alpha value is -1.87. The van der Waals surface area contributed by atoms with Crippen LogP contribution in [0.5, 0.6) is 11.5 Å².